The largest absolute Gasteiger partial charge is 0.299 e. The van der Waals surface area contributed by atoms with E-state index >= 15 is 0 Å². The van der Waals surface area contributed by atoms with E-state index in [2.05, 4.69) is 36.1 Å². The highest BCUT2D eigenvalue weighted by atomic mass is 16.6. The van der Waals surface area contributed by atoms with Crippen LogP contribution in [0, 0.1) is 10.1 Å². The van der Waals surface area contributed by atoms with Gasteiger partial charge < -0.3 is 0 Å². The number of carbonyl (C=O) groups excluding carboxylic acids is 2. The molecular formula is C26H33N3O4. The second kappa shape index (κ2) is 14.0. The molecule has 7 heteroatoms. The Kier molecular flexibility index (Phi) is 11.0. The van der Waals surface area contributed by atoms with Gasteiger partial charge in [0, 0.05) is 38.2 Å². The predicted molar refractivity (Wildman–Crippen MR) is 130 cm³/mol. The van der Waals surface area contributed by atoms with Gasteiger partial charge in [-0.15, -0.1) is 0 Å². The van der Waals surface area contributed by atoms with Gasteiger partial charge in [-0.25, -0.2) is 0 Å². The van der Waals surface area contributed by atoms with Crippen LogP contribution in [0.3, 0.4) is 0 Å². The first kappa shape index (κ1) is 25.9. The number of rotatable bonds is 13. The lowest BCUT2D eigenvalue weighted by molar-refractivity contribution is -0.384. The molecule has 0 N–H and O–H groups in total. The molecule has 0 saturated carbocycles. The molecule has 2 rings (SSSR count). The van der Waals surface area contributed by atoms with E-state index in [-0.39, 0.29) is 17.5 Å². The van der Waals surface area contributed by atoms with Crippen LogP contribution in [0.4, 0.5) is 5.69 Å². The first-order valence-electron chi connectivity index (χ1n) is 11.4. The highest BCUT2D eigenvalue weighted by Crippen LogP contribution is 2.13. The van der Waals surface area contributed by atoms with Crippen molar-refractivity contribution in [2.45, 2.75) is 46.1 Å². The highest BCUT2D eigenvalue weighted by Gasteiger charge is 2.15. The summed E-state index contributed by atoms with van der Waals surface area (Å²) in [6.45, 7) is 6.93. The van der Waals surface area contributed by atoms with E-state index in [1.807, 2.05) is 6.07 Å². The number of nitro groups is 1. The summed E-state index contributed by atoms with van der Waals surface area (Å²) in [5, 5.41) is 10.7. The van der Waals surface area contributed by atoms with Crippen molar-refractivity contribution < 1.29 is 14.5 Å². The van der Waals surface area contributed by atoms with Crippen LogP contribution < -0.4 is 0 Å². The van der Waals surface area contributed by atoms with Crippen molar-refractivity contribution in [1.82, 2.24) is 9.80 Å². The predicted octanol–water partition coefficient (Wildman–Crippen LogP) is 5.07. The molecule has 0 aliphatic rings. The first-order chi connectivity index (χ1) is 15.9. The Labute approximate surface area is 195 Å². The molecule has 0 bridgehead atoms. The Balaban J connectivity index is 1.73. The van der Waals surface area contributed by atoms with E-state index in [0.717, 1.165) is 45.3 Å². The van der Waals surface area contributed by atoms with Gasteiger partial charge in [-0.2, -0.15) is 0 Å². The highest BCUT2D eigenvalue weighted by molar-refractivity contribution is 6.02. The maximum atomic E-state index is 12.5. The monoisotopic (exact) mass is 451 g/mol. The number of imide groups is 1. The summed E-state index contributed by atoms with van der Waals surface area (Å²) < 4.78 is 0. The molecule has 2 amide bonds. The van der Waals surface area contributed by atoms with Crippen molar-refractivity contribution in [3.63, 3.8) is 0 Å². The summed E-state index contributed by atoms with van der Waals surface area (Å²) in [5.41, 5.74) is 1.97. The van der Waals surface area contributed by atoms with Crippen LogP contribution >= 0.6 is 0 Å². The van der Waals surface area contributed by atoms with Gasteiger partial charge in [0.2, 0.25) is 5.91 Å². The Hall–Kier alpha value is -3.32. The fourth-order valence-electron chi connectivity index (χ4n) is 3.54. The molecule has 0 aliphatic carbocycles. The molecule has 0 fully saturated rings. The SMILES string of the molecule is CCN(CCCCCCN(C(C)=O)C(=O)/C=C/c1ccc([N+](=O)[O-])cc1)Cc1ccccc1. The average molecular weight is 452 g/mol. The van der Waals surface area contributed by atoms with Gasteiger partial charge in [-0.05, 0) is 55.3 Å². The Morgan fingerprint density at radius 2 is 1.58 bits per heavy atom. The molecule has 0 aliphatic heterocycles. The Morgan fingerprint density at radius 3 is 2.15 bits per heavy atom. The molecule has 0 heterocycles. The second-order valence-electron chi connectivity index (χ2n) is 7.96. The van der Waals surface area contributed by atoms with E-state index in [1.54, 1.807) is 18.2 Å². The third-order valence-electron chi connectivity index (χ3n) is 5.47. The number of carbonyl (C=O) groups is 2. The maximum absolute atomic E-state index is 12.5. The molecule has 176 valence electrons. The summed E-state index contributed by atoms with van der Waals surface area (Å²) in [6, 6.07) is 16.3. The zero-order chi connectivity index (χ0) is 24.1. The molecular weight excluding hydrogens is 418 g/mol. The van der Waals surface area contributed by atoms with Gasteiger partial charge in [0.05, 0.1) is 4.92 Å². The third kappa shape index (κ3) is 9.37. The lowest BCUT2D eigenvalue weighted by Crippen LogP contribution is -2.34. The van der Waals surface area contributed by atoms with Crippen LogP contribution in [0.1, 0.15) is 50.7 Å². The zero-order valence-corrected chi connectivity index (χ0v) is 19.5. The quantitative estimate of drug-likeness (QED) is 0.184. The van der Waals surface area contributed by atoms with Crippen LogP contribution in [0.25, 0.3) is 6.08 Å². The van der Waals surface area contributed by atoms with E-state index in [9.17, 15) is 19.7 Å². The molecule has 0 spiro atoms. The Morgan fingerprint density at radius 1 is 0.939 bits per heavy atom. The second-order valence-corrected chi connectivity index (χ2v) is 7.96. The molecule has 0 unspecified atom stereocenters. The lowest BCUT2D eigenvalue weighted by Gasteiger charge is -2.20. The minimum absolute atomic E-state index is 0.00837. The molecule has 0 radical (unpaired) electrons. The number of non-ortho nitro benzene ring substituents is 1. The van der Waals surface area contributed by atoms with Gasteiger partial charge in [-0.1, -0.05) is 50.1 Å². The van der Waals surface area contributed by atoms with Crippen molar-refractivity contribution in [1.29, 1.82) is 0 Å². The van der Waals surface area contributed by atoms with Crippen LogP contribution in [0.5, 0.6) is 0 Å². The smallest absolute Gasteiger partial charge is 0.269 e. The molecule has 2 aromatic rings. The number of benzene rings is 2. The maximum Gasteiger partial charge on any atom is 0.269 e. The first-order valence-corrected chi connectivity index (χ1v) is 11.4. The van der Waals surface area contributed by atoms with Crippen molar-refractivity contribution in [2.24, 2.45) is 0 Å². The molecule has 2 aromatic carbocycles. The minimum atomic E-state index is -0.473. The van der Waals surface area contributed by atoms with E-state index < -0.39 is 4.92 Å². The minimum Gasteiger partial charge on any atom is -0.299 e. The van der Waals surface area contributed by atoms with Gasteiger partial charge in [0.15, 0.2) is 0 Å². The third-order valence-corrected chi connectivity index (χ3v) is 5.47. The van der Waals surface area contributed by atoms with E-state index in [4.69, 9.17) is 0 Å². The van der Waals surface area contributed by atoms with Gasteiger partial charge >= 0.3 is 0 Å². The topological polar surface area (TPSA) is 83.8 Å². The molecule has 0 saturated heterocycles. The summed E-state index contributed by atoms with van der Waals surface area (Å²) >= 11 is 0. The average Bonchev–Trinajstić information content (AvgIpc) is 2.81. The standard InChI is InChI=1S/C26H33N3O4/c1-3-27(21-24-11-7-6-8-12-24)19-9-4-5-10-20-28(22(2)30)26(31)18-15-23-13-16-25(17-14-23)29(32)33/h6-8,11-18H,3-5,9-10,19-21H2,1-2H3/b18-15+. The zero-order valence-electron chi connectivity index (χ0n) is 19.5. The van der Waals surface area contributed by atoms with Crippen molar-refractivity contribution in [3.05, 3.63) is 81.9 Å². The summed E-state index contributed by atoms with van der Waals surface area (Å²) in [4.78, 5) is 38.3. The number of nitro benzene ring substituents is 1. The van der Waals surface area contributed by atoms with Gasteiger partial charge in [-0.3, -0.25) is 29.5 Å². The Bertz CT molecular complexity index is 926. The van der Waals surface area contributed by atoms with Crippen molar-refractivity contribution >= 4 is 23.6 Å². The van der Waals surface area contributed by atoms with Crippen LogP contribution in [-0.4, -0.2) is 46.2 Å². The lowest BCUT2D eigenvalue weighted by atomic mass is 10.1. The molecule has 33 heavy (non-hydrogen) atoms. The normalized spacial score (nSPS) is 11.1. The summed E-state index contributed by atoms with van der Waals surface area (Å²) in [5.74, 6) is -0.658. The van der Waals surface area contributed by atoms with E-state index in [0.29, 0.717) is 12.1 Å². The number of amides is 2. The van der Waals surface area contributed by atoms with Crippen LogP contribution in [0.2, 0.25) is 0 Å². The summed E-state index contributed by atoms with van der Waals surface area (Å²) in [6.07, 6.45) is 6.74. The van der Waals surface area contributed by atoms with Crippen molar-refractivity contribution in [3.8, 4) is 0 Å². The number of nitrogens with zero attached hydrogens (tertiary/aromatic N) is 3. The fourth-order valence-corrected chi connectivity index (χ4v) is 3.54. The molecule has 0 atom stereocenters. The molecule has 7 nitrogen and oxygen atoms in total. The number of hydrogen-bond donors (Lipinski definition) is 0. The molecule has 0 aromatic heterocycles. The van der Waals surface area contributed by atoms with Crippen LogP contribution in [0.15, 0.2) is 60.7 Å². The number of unbranched alkanes of at least 4 members (excludes halogenated alkanes) is 3. The fraction of sp³-hybridized carbons (Fsp3) is 0.385. The van der Waals surface area contributed by atoms with Gasteiger partial charge in [0.25, 0.3) is 11.6 Å². The van der Waals surface area contributed by atoms with Crippen LogP contribution in [-0.2, 0) is 16.1 Å². The van der Waals surface area contributed by atoms with Gasteiger partial charge in [0.1, 0.15) is 0 Å². The number of hydrogen-bond acceptors (Lipinski definition) is 5. The van der Waals surface area contributed by atoms with E-state index in [1.165, 1.54) is 35.6 Å². The summed E-state index contributed by atoms with van der Waals surface area (Å²) in [7, 11) is 0. The van der Waals surface area contributed by atoms with Crippen molar-refractivity contribution in [2.75, 3.05) is 19.6 Å².